The Labute approximate surface area is 115 Å². The highest BCUT2D eigenvalue weighted by Gasteiger charge is 2.18. The highest BCUT2D eigenvalue weighted by molar-refractivity contribution is 7.09. The van der Waals surface area contributed by atoms with Crippen molar-refractivity contribution < 1.29 is 4.52 Å². The van der Waals surface area contributed by atoms with E-state index in [4.69, 9.17) is 4.52 Å². The Morgan fingerprint density at radius 1 is 1.32 bits per heavy atom. The molecule has 3 rings (SSSR count). The van der Waals surface area contributed by atoms with Crippen LogP contribution in [0.2, 0.25) is 0 Å². The van der Waals surface area contributed by atoms with Gasteiger partial charge in [-0.15, -0.1) is 0 Å². The molecule has 0 amide bonds. The van der Waals surface area contributed by atoms with Gasteiger partial charge in [-0.25, -0.2) is 0 Å². The molecular weight excluding hydrogens is 262 g/mol. The Morgan fingerprint density at radius 2 is 2.16 bits per heavy atom. The maximum atomic E-state index is 12.1. The molecule has 0 N–H and O–H groups in total. The predicted molar refractivity (Wildman–Crippen MR) is 72.6 cm³/mol. The molecule has 1 aliphatic rings. The highest BCUT2D eigenvalue weighted by atomic mass is 32.1. The number of fused-ring (bicyclic) bond motifs is 1. The number of aryl methyl sites for hydroxylation is 2. The van der Waals surface area contributed by atoms with E-state index in [0.717, 1.165) is 25.7 Å². The second-order valence-electron chi connectivity index (χ2n) is 4.84. The standard InChI is InChI=1S/C13H17N3O2S/c1-2-12-14-11(15-18-12)8-16-9-6-4-3-5-7-10(9)19-13(16)17/h2-8H2,1H3. The molecule has 0 atom stereocenters. The van der Waals surface area contributed by atoms with Crippen LogP contribution in [0, 0.1) is 0 Å². The SMILES string of the molecule is CCc1nc(Cn2c3c(sc2=O)CCCCC3)no1. The van der Waals surface area contributed by atoms with Crippen LogP contribution in [0.3, 0.4) is 0 Å². The number of hydrogen-bond acceptors (Lipinski definition) is 5. The topological polar surface area (TPSA) is 60.9 Å². The van der Waals surface area contributed by atoms with E-state index in [1.54, 1.807) is 0 Å². The zero-order valence-corrected chi connectivity index (χ0v) is 11.8. The minimum Gasteiger partial charge on any atom is -0.339 e. The quantitative estimate of drug-likeness (QED) is 0.808. The van der Waals surface area contributed by atoms with Gasteiger partial charge in [0.2, 0.25) is 5.89 Å². The molecule has 0 spiro atoms. The summed E-state index contributed by atoms with van der Waals surface area (Å²) in [7, 11) is 0. The Hall–Kier alpha value is -1.43. The van der Waals surface area contributed by atoms with Crippen molar-refractivity contribution in [2.75, 3.05) is 0 Å². The third-order valence-electron chi connectivity index (χ3n) is 3.51. The van der Waals surface area contributed by atoms with Gasteiger partial charge < -0.3 is 4.52 Å². The maximum Gasteiger partial charge on any atom is 0.307 e. The van der Waals surface area contributed by atoms with Crippen LogP contribution in [-0.4, -0.2) is 14.7 Å². The van der Waals surface area contributed by atoms with Gasteiger partial charge in [-0.05, 0) is 25.7 Å². The van der Waals surface area contributed by atoms with E-state index in [0.29, 0.717) is 18.3 Å². The van der Waals surface area contributed by atoms with Gasteiger partial charge in [-0.2, -0.15) is 4.98 Å². The van der Waals surface area contributed by atoms with E-state index in [9.17, 15) is 4.79 Å². The van der Waals surface area contributed by atoms with E-state index in [1.165, 1.54) is 34.7 Å². The summed E-state index contributed by atoms with van der Waals surface area (Å²) in [4.78, 5) is 17.7. The Balaban J connectivity index is 1.92. The summed E-state index contributed by atoms with van der Waals surface area (Å²) in [5.74, 6) is 1.23. The molecule has 0 aliphatic heterocycles. The summed E-state index contributed by atoms with van der Waals surface area (Å²) in [6.45, 7) is 2.41. The van der Waals surface area contributed by atoms with Crippen LogP contribution < -0.4 is 4.87 Å². The van der Waals surface area contributed by atoms with E-state index in [-0.39, 0.29) is 4.87 Å². The van der Waals surface area contributed by atoms with Crippen LogP contribution in [0.25, 0.3) is 0 Å². The van der Waals surface area contributed by atoms with Gasteiger partial charge in [0.05, 0.1) is 6.54 Å². The van der Waals surface area contributed by atoms with Gasteiger partial charge in [-0.3, -0.25) is 9.36 Å². The van der Waals surface area contributed by atoms with Crippen molar-refractivity contribution in [1.29, 1.82) is 0 Å². The molecular formula is C13H17N3O2S. The van der Waals surface area contributed by atoms with Crippen molar-refractivity contribution in [3.63, 3.8) is 0 Å². The summed E-state index contributed by atoms with van der Waals surface area (Å²) in [6.07, 6.45) is 6.35. The van der Waals surface area contributed by atoms with Gasteiger partial charge in [0.1, 0.15) is 0 Å². The lowest BCUT2D eigenvalue weighted by molar-refractivity contribution is 0.375. The fourth-order valence-electron chi connectivity index (χ4n) is 2.50. The fourth-order valence-corrected chi connectivity index (χ4v) is 3.58. The van der Waals surface area contributed by atoms with Gasteiger partial charge in [-0.1, -0.05) is 29.8 Å². The first-order chi connectivity index (χ1) is 9.28. The summed E-state index contributed by atoms with van der Waals surface area (Å²) in [6, 6.07) is 0. The molecule has 0 unspecified atom stereocenters. The van der Waals surface area contributed by atoms with Crippen molar-refractivity contribution in [2.24, 2.45) is 0 Å². The number of hydrogen-bond donors (Lipinski definition) is 0. The molecule has 0 bridgehead atoms. The molecule has 0 radical (unpaired) electrons. The van der Waals surface area contributed by atoms with Crippen molar-refractivity contribution in [3.8, 4) is 0 Å². The third-order valence-corrected chi connectivity index (χ3v) is 4.59. The summed E-state index contributed by atoms with van der Waals surface area (Å²) >= 11 is 1.38. The summed E-state index contributed by atoms with van der Waals surface area (Å²) in [5, 5.41) is 3.93. The van der Waals surface area contributed by atoms with Crippen LogP contribution >= 0.6 is 11.3 Å². The number of nitrogens with zero attached hydrogens (tertiary/aromatic N) is 3. The van der Waals surface area contributed by atoms with Crippen LogP contribution in [0.15, 0.2) is 9.32 Å². The lowest BCUT2D eigenvalue weighted by Gasteiger charge is -2.04. The molecule has 0 aromatic carbocycles. The fraction of sp³-hybridized carbons (Fsp3) is 0.615. The van der Waals surface area contributed by atoms with Gasteiger partial charge >= 0.3 is 4.87 Å². The molecule has 2 aromatic rings. The first kappa shape index (κ1) is 12.6. The highest BCUT2D eigenvalue weighted by Crippen LogP contribution is 2.23. The third kappa shape index (κ3) is 2.49. The molecule has 1 aliphatic carbocycles. The molecule has 102 valence electrons. The lowest BCUT2D eigenvalue weighted by Crippen LogP contribution is -2.17. The van der Waals surface area contributed by atoms with E-state index < -0.39 is 0 Å². The first-order valence-corrected chi connectivity index (χ1v) is 7.62. The molecule has 6 heteroatoms. The van der Waals surface area contributed by atoms with Crippen molar-refractivity contribution in [2.45, 2.75) is 52.0 Å². The van der Waals surface area contributed by atoms with E-state index >= 15 is 0 Å². The zero-order chi connectivity index (χ0) is 13.2. The van der Waals surface area contributed by atoms with E-state index in [1.807, 2.05) is 11.5 Å². The molecule has 2 heterocycles. The van der Waals surface area contributed by atoms with Crippen LogP contribution in [0.1, 0.15) is 48.5 Å². The lowest BCUT2D eigenvalue weighted by atomic mass is 10.2. The minimum absolute atomic E-state index is 0.106. The second-order valence-corrected chi connectivity index (χ2v) is 5.89. The zero-order valence-electron chi connectivity index (χ0n) is 11.0. The van der Waals surface area contributed by atoms with Gasteiger partial charge in [0.25, 0.3) is 0 Å². The Bertz CT molecular complexity index is 626. The number of aromatic nitrogens is 3. The Kier molecular flexibility index (Phi) is 3.50. The maximum absolute atomic E-state index is 12.1. The molecule has 19 heavy (non-hydrogen) atoms. The van der Waals surface area contributed by atoms with Crippen molar-refractivity contribution in [3.05, 3.63) is 32.0 Å². The number of thiazole rings is 1. The molecule has 0 saturated carbocycles. The average molecular weight is 279 g/mol. The van der Waals surface area contributed by atoms with Gasteiger partial charge in [0.15, 0.2) is 5.82 Å². The number of rotatable bonds is 3. The normalized spacial score (nSPS) is 15.2. The largest absolute Gasteiger partial charge is 0.339 e. The monoisotopic (exact) mass is 279 g/mol. The van der Waals surface area contributed by atoms with Crippen LogP contribution in [0.4, 0.5) is 0 Å². The second kappa shape index (κ2) is 5.28. The van der Waals surface area contributed by atoms with Crippen molar-refractivity contribution >= 4 is 11.3 Å². The first-order valence-electron chi connectivity index (χ1n) is 6.80. The summed E-state index contributed by atoms with van der Waals surface area (Å²) < 4.78 is 6.93. The minimum atomic E-state index is 0.106. The predicted octanol–water partition coefficient (Wildman–Crippen LogP) is 2.17. The average Bonchev–Trinajstić information content (AvgIpc) is 2.90. The van der Waals surface area contributed by atoms with Crippen molar-refractivity contribution in [1.82, 2.24) is 14.7 Å². The molecule has 0 fully saturated rings. The van der Waals surface area contributed by atoms with Crippen LogP contribution in [0.5, 0.6) is 0 Å². The summed E-state index contributed by atoms with van der Waals surface area (Å²) in [5.41, 5.74) is 1.19. The molecule has 5 nitrogen and oxygen atoms in total. The van der Waals surface area contributed by atoms with Gasteiger partial charge in [0, 0.05) is 17.0 Å². The molecule has 0 saturated heterocycles. The molecule has 2 aromatic heterocycles. The van der Waals surface area contributed by atoms with E-state index in [2.05, 4.69) is 10.1 Å². The van der Waals surface area contributed by atoms with Crippen LogP contribution in [-0.2, 0) is 25.8 Å². The smallest absolute Gasteiger partial charge is 0.307 e. The Morgan fingerprint density at radius 3 is 2.95 bits per heavy atom.